The Labute approximate surface area is 108 Å². The molecule has 18 heavy (non-hydrogen) atoms. The van der Waals surface area contributed by atoms with Gasteiger partial charge in [-0.1, -0.05) is 6.92 Å². The topological polar surface area (TPSA) is 61.2 Å². The maximum atomic E-state index is 12.0. The molecule has 0 radical (unpaired) electrons. The summed E-state index contributed by atoms with van der Waals surface area (Å²) in [4.78, 5) is 26.0. The van der Waals surface area contributed by atoms with Gasteiger partial charge in [-0.15, -0.1) is 0 Å². The molecule has 2 aliphatic carbocycles. The molecule has 0 aliphatic heterocycles. The average Bonchev–Trinajstić information content (AvgIpc) is 2.68. The molecule has 0 N–H and O–H groups in total. The highest BCUT2D eigenvalue weighted by atomic mass is 16.2. The van der Waals surface area contributed by atoms with Crippen LogP contribution in [0, 0.1) is 16.7 Å². The molecule has 0 aromatic heterocycles. The van der Waals surface area contributed by atoms with E-state index in [0.29, 0.717) is 38.5 Å². The second-order valence-electron chi connectivity index (χ2n) is 5.59. The molecule has 2 rings (SSSR count). The number of hydrogen-bond donors (Lipinski definition) is 0. The lowest BCUT2D eigenvalue weighted by Crippen LogP contribution is -2.51. The van der Waals surface area contributed by atoms with Crippen molar-refractivity contribution >= 4 is 11.6 Å². The van der Waals surface area contributed by atoms with Gasteiger partial charge in [0.25, 0.3) is 0 Å². The van der Waals surface area contributed by atoms with E-state index in [0.717, 1.165) is 6.54 Å². The van der Waals surface area contributed by atoms with Gasteiger partial charge >= 0.3 is 0 Å². The Hall–Kier alpha value is -1.21. The second-order valence-corrected chi connectivity index (χ2v) is 5.59. The van der Waals surface area contributed by atoms with E-state index in [4.69, 9.17) is 0 Å². The van der Waals surface area contributed by atoms with Crippen LogP contribution in [0.15, 0.2) is 0 Å². The smallest absolute Gasteiger partial charge is 0.146 e. The molecule has 2 saturated carbocycles. The zero-order chi connectivity index (χ0) is 13.4. The maximum absolute atomic E-state index is 12.0. The Balaban J connectivity index is 2.19. The molecule has 1 spiro atoms. The largest absolute Gasteiger partial charge is 0.299 e. The summed E-state index contributed by atoms with van der Waals surface area (Å²) in [5.74, 6) is 0.219. The number of carbonyl (C=O) groups excluding carboxylic acids is 2. The van der Waals surface area contributed by atoms with Crippen LogP contribution >= 0.6 is 0 Å². The highest BCUT2D eigenvalue weighted by Gasteiger charge is 2.54. The first-order chi connectivity index (χ1) is 8.50. The SMILES string of the molecule is CCN(C)C1(C#N)CCC2(CC1)C(=O)CCC2=O. The first kappa shape index (κ1) is 13.2. The molecule has 0 amide bonds. The van der Waals surface area contributed by atoms with E-state index in [9.17, 15) is 14.9 Å². The van der Waals surface area contributed by atoms with Crippen molar-refractivity contribution in [2.75, 3.05) is 13.6 Å². The summed E-state index contributed by atoms with van der Waals surface area (Å²) in [6, 6.07) is 2.41. The molecule has 0 atom stereocenters. The van der Waals surface area contributed by atoms with Gasteiger partial charge < -0.3 is 0 Å². The Morgan fingerprint density at radius 2 is 1.67 bits per heavy atom. The number of nitriles is 1. The van der Waals surface area contributed by atoms with Crippen molar-refractivity contribution in [3.63, 3.8) is 0 Å². The normalized spacial score (nSPS) is 25.7. The van der Waals surface area contributed by atoms with Crippen LogP contribution < -0.4 is 0 Å². The quantitative estimate of drug-likeness (QED) is 0.698. The fourth-order valence-electron chi connectivity index (χ4n) is 3.39. The van der Waals surface area contributed by atoms with Crippen LogP contribution in [-0.2, 0) is 9.59 Å². The molecule has 0 aromatic carbocycles. The standard InChI is InChI=1S/C14H20N2O2/c1-3-16(2)13(10-15)6-8-14(9-7-13)11(17)4-5-12(14)18/h3-9H2,1-2H3. The Morgan fingerprint density at radius 1 is 1.17 bits per heavy atom. The first-order valence-corrected chi connectivity index (χ1v) is 6.70. The number of Topliss-reactive ketones (excluding diaryl/α,β-unsaturated/α-hetero) is 2. The van der Waals surface area contributed by atoms with Crippen LogP contribution in [-0.4, -0.2) is 35.6 Å². The lowest BCUT2D eigenvalue weighted by atomic mass is 9.65. The van der Waals surface area contributed by atoms with Crippen molar-refractivity contribution in [2.24, 2.45) is 5.41 Å². The predicted molar refractivity (Wildman–Crippen MR) is 66.8 cm³/mol. The van der Waals surface area contributed by atoms with E-state index in [1.807, 2.05) is 18.9 Å². The molecule has 2 fully saturated rings. The van der Waals surface area contributed by atoms with Crippen molar-refractivity contribution in [3.8, 4) is 6.07 Å². The Kier molecular flexibility index (Phi) is 3.29. The summed E-state index contributed by atoms with van der Waals surface area (Å²) in [5, 5.41) is 9.44. The van der Waals surface area contributed by atoms with E-state index in [1.165, 1.54) is 0 Å². The van der Waals surface area contributed by atoms with Crippen LogP contribution in [0.25, 0.3) is 0 Å². The van der Waals surface area contributed by atoms with Gasteiger partial charge in [-0.25, -0.2) is 0 Å². The van der Waals surface area contributed by atoms with Gasteiger partial charge in [0.05, 0.1) is 11.5 Å². The Bertz CT molecular complexity index is 396. The molecule has 4 nitrogen and oxygen atoms in total. The lowest BCUT2D eigenvalue weighted by molar-refractivity contribution is -0.138. The fraction of sp³-hybridized carbons (Fsp3) is 0.786. The summed E-state index contributed by atoms with van der Waals surface area (Å²) in [6.45, 7) is 2.83. The van der Waals surface area contributed by atoms with Crippen LogP contribution in [0.2, 0.25) is 0 Å². The number of hydrogen-bond acceptors (Lipinski definition) is 4. The number of nitrogens with zero attached hydrogens (tertiary/aromatic N) is 2. The van der Waals surface area contributed by atoms with E-state index in [1.54, 1.807) is 0 Å². The molecular weight excluding hydrogens is 228 g/mol. The second kappa shape index (κ2) is 4.47. The van der Waals surface area contributed by atoms with Crippen molar-refractivity contribution < 1.29 is 9.59 Å². The van der Waals surface area contributed by atoms with Gasteiger partial charge in [-0.2, -0.15) is 5.26 Å². The number of carbonyl (C=O) groups is 2. The summed E-state index contributed by atoms with van der Waals surface area (Å²) >= 11 is 0. The number of ketones is 2. The molecule has 98 valence electrons. The molecule has 4 heteroatoms. The minimum atomic E-state index is -0.727. The number of rotatable bonds is 2. The van der Waals surface area contributed by atoms with Gasteiger partial charge in [0.15, 0.2) is 0 Å². The molecule has 0 aromatic rings. The summed E-state index contributed by atoms with van der Waals surface area (Å²) in [6.07, 6.45) is 3.19. The highest BCUT2D eigenvalue weighted by molar-refractivity contribution is 6.12. The van der Waals surface area contributed by atoms with Crippen LogP contribution in [0.4, 0.5) is 0 Å². The lowest BCUT2D eigenvalue weighted by Gasteiger charge is -2.43. The maximum Gasteiger partial charge on any atom is 0.146 e. The molecular formula is C14H20N2O2. The monoisotopic (exact) mass is 248 g/mol. The van der Waals surface area contributed by atoms with E-state index >= 15 is 0 Å². The van der Waals surface area contributed by atoms with E-state index in [-0.39, 0.29) is 11.6 Å². The molecule has 0 unspecified atom stereocenters. The zero-order valence-corrected chi connectivity index (χ0v) is 11.2. The van der Waals surface area contributed by atoms with Crippen molar-refractivity contribution in [1.29, 1.82) is 5.26 Å². The summed E-state index contributed by atoms with van der Waals surface area (Å²) < 4.78 is 0. The van der Waals surface area contributed by atoms with Crippen LogP contribution in [0.5, 0.6) is 0 Å². The summed E-state index contributed by atoms with van der Waals surface area (Å²) in [7, 11) is 1.94. The third-order valence-electron chi connectivity index (χ3n) is 4.99. The van der Waals surface area contributed by atoms with Crippen molar-refractivity contribution in [1.82, 2.24) is 4.90 Å². The van der Waals surface area contributed by atoms with E-state index < -0.39 is 11.0 Å². The minimum Gasteiger partial charge on any atom is -0.299 e. The van der Waals surface area contributed by atoms with Gasteiger partial charge in [0, 0.05) is 12.8 Å². The minimum absolute atomic E-state index is 0.109. The van der Waals surface area contributed by atoms with Crippen LogP contribution in [0.1, 0.15) is 45.4 Å². The van der Waals surface area contributed by atoms with Crippen LogP contribution in [0.3, 0.4) is 0 Å². The fourth-order valence-corrected chi connectivity index (χ4v) is 3.39. The van der Waals surface area contributed by atoms with Gasteiger partial charge in [0.1, 0.15) is 17.1 Å². The molecule has 2 aliphatic rings. The van der Waals surface area contributed by atoms with Crippen molar-refractivity contribution in [2.45, 2.75) is 51.0 Å². The predicted octanol–water partition coefficient (Wildman–Crippen LogP) is 1.69. The van der Waals surface area contributed by atoms with Gasteiger partial charge in [0.2, 0.25) is 0 Å². The van der Waals surface area contributed by atoms with Gasteiger partial charge in [-0.3, -0.25) is 14.5 Å². The van der Waals surface area contributed by atoms with E-state index in [2.05, 4.69) is 6.07 Å². The first-order valence-electron chi connectivity index (χ1n) is 6.70. The molecule has 0 heterocycles. The van der Waals surface area contributed by atoms with Gasteiger partial charge in [-0.05, 0) is 39.3 Å². The zero-order valence-electron chi connectivity index (χ0n) is 11.2. The molecule has 0 saturated heterocycles. The third kappa shape index (κ3) is 1.69. The Morgan fingerprint density at radius 3 is 2.06 bits per heavy atom. The van der Waals surface area contributed by atoms with Crippen molar-refractivity contribution in [3.05, 3.63) is 0 Å². The summed E-state index contributed by atoms with van der Waals surface area (Å²) in [5.41, 5.74) is -1.21. The molecule has 0 bridgehead atoms. The average molecular weight is 248 g/mol. The highest BCUT2D eigenvalue weighted by Crippen LogP contribution is 2.48. The third-order valence-corrected chi connectivity index (χ3v) is 4.99.